The SMILES string of the molecule is CCn1nc(C)c(Cl)c1CN1CCC(C)(C#N)CC1. The fourth-order valence-electron chi connectivity index (χ4n) is 2.55. The molecule has 5 heteroatoms. The molecule has 0 N–H and O–H groups in total. The number of aromatic nitrogens is 2. The molecule has 2 rings (SSSR count). The second-order valence-electron chi connectivity index (χ2n) is 5.61. The summed E-state index contributed by atoms with van der Waals surface area (Å²) in [5.74, 6) is 0. The zero-order valence-corrected chi connectivity index (χ0v) is 12.7. The van der Waals surface area contributed by atoms with Gasteiger partial charge in [-0.1, -0.05) is 11.6 Å². The van der Waals surface area contributed by atoms with Gasteiger partial charge in [-0.25, -0.2) is 0 Å². The molecule has 0 aliphatic carbocycles. The summed E-state index contributed by atoms with van der Waals surface area (Å²) in [5.41, 5.74) is 1.85. The maximum absolute atomic E-state index is 9.15. The van der Waals surface area contributed by atoms with Gasteiger partial charge in [-0.15, -0.1) is 0 Å². The van der Waals surface area contributed by atoms with Gasteiger partial charge in [0.1, 0.15) is 0 Å². The lowest BCUT2D eigenvalue weighted by Gasteiger charge is -2.34. The van der Waals surface area contributed by atoms with Crippen LogP contribution in [0.5, 0.6) is 0 Å². The van der Waals surface area contributed by atoms with Crippen molar-refractivity contribution in [2.45, 2.75) is 46.7 Å². The normalized spacial score (nSPS) is 19.3. The van der Waals surface area contributed by atoms with E-state index in [0.29, 0.717) is 0 Å². The van der Waals surface area contributed by atoms with E-state index in [2.05, 4.69) is 29.9 Å². The first-order chi connectivity index (χ1) is 8.99. The summed E-state index contributed by atoms with van der Waals surface area (Å²) in [6.45, 7) is 9.65. The van der Waals surface area contributed by atoms with Crippen molar-refractivity contribution in [2.24, 2.45) is 5.41 Å². The average Bonchev–Trinajstić information content (AvgIpc) is 2.69. The number of halogens is 1. The zero-order chi connectivity index (χ0) is 14.0. The molecule has 104 valence electrons. The minimum Gasteiger partial charge on any atom is -0.297 e. The lowest BCUT2D eigenvalue weighted by atomic mass is 9.82. The zero-order valence-electron chi connectivity index (χ0n) is 11.9. The summed E-state index contributed by atoms with van der Waals surface area (Å²) in [6, 6.07) is 2.43. The molecule has 1 fully saturated rings. The van der Waals surface area contributed by atoms with E-state index in [4.69, 9.17) is 16.9 Å². The highest BCUT2D eigenvalue weighted by Crippen LogP contribution is 2.31. The molecule has 2 heterocycles. The molecule has 0 spiro atoms. The number of aryl methyl sites for hydroxylation is 2. The van der Waals surface area contributed by atoms with Gasteiger partial charge in [-0.3, -0.25) is 9.58 Å². The Morgan fingerprint density at radius 1 is 1.42 bits per heavy atom. The van der Waals surface area contributed by atoms with Crippen molar-refractivity contribution < 1.29 is 0 Å². The van der Waals surface area contributed by atoms with Crippen molar-refractivity contribution in [2.75, 3.05) is 13.1 Å². The quantitative estimate of drug-likeness (QED) is 0.855. The Balaban J connectivity index is 2.06. The van der Waals surface area contributed by atoms with Crippen LogP contribution in [0.1, 0.15) is 38.1 Å². The molecule has 0 aromatic carbocycles. The number of nitrogens with zero attached hydrogens (tertiary/aromatic N) is 4. The van der Waals surface area contributed by atoms with Gasteiger partial charge in [0, 0.05) is 26.2 Å². The summed E-state index contributed by atoms with van der Waals surface area (Å²) in [7, 11) is 0. The van der Waals surface area contributed by atoms with Gasteiger partial charge in [0.25, 0.3) is 0 Å². The minimum atomic E-state index is -0.152. The third-order valence-corrected chi connectivity index (χ3v) is 4.55. The van der Waals surface area contributed by atoms with Crippen molar-refractivity contribution in [1.82, 2.24) is 14.7 Å². The van der Waals surface area contributed by atoms with Gasteiger partial charge in [-0.05, 0) is 33.6 Å². The monoisotopic (exact) mass is 280 g/mol. The fourth-order valence-corrected chi connectivity index (χ4v) is 2.74. The first-order valence-corrected chi connectivity index (χ1v) is 7.22. The van der Waals surface area contributed by atoms with E-state index in [1.165, 1.54) is 0 Å². The summed E-state index contributed by atoms with van der Waals surface area (Å²) in [4.78, 5) is 2.37. The molecular weight excluding hydrogens is 260 g/mol. The molecule has 0 bridgehead atoms. The van der Waals surface area contributed by atoms with Crippen LogP contribution in [0.3, 0.4) is 0 Å². The van der Waals surface area contributed by atoms with Gasteiger partial charge in [0.15, 0.2) is 0 Å². The molecule has 1 aromatic rings. The number of hydrogen-bond donors (Lipinski definition) is 0. The van der Waals surface area contributed by atoms with Gasteiger partial charge in [0.05, 0.1) is 27.9 Å². The summed E-state index contributed by atoms with van der Waals surface area (Å²) >= 11 is 6.33. The van der Waals surface area contributed by atoms with Gasteiger partial charge < -0.3 is 0 Å². The highest BCUT2D eigenvalue weighted by molar-refractivity contribution is 6.31. The van der Waals surface area contributed by atoms with Crippen LogP contribution < -0.4 is 0 Å². The third kappa shape index (κ3) is 2.93. The Hall–Kier alpha value is -1.05. The molecule has 0 amide bonds. The molecular formula is C14H21ClN4. The van der Waals surface area contributed by atoms with Crippen LogP contribution in [0.4, 0.5) is 0 Å². The average molecular weight is 281 g/mol. The number of likely N-dealkylation sites (tertiary alicyclic amines) is 1. The largest absolute Gasteiger partial charge is 0.297 e. The van der Waals surface area contributed by atoms with Crippen molar-refractivity contribution >= 4 is 11.6 Å². The Bertz CT molecular complexity index is 492. The summed E-state index contributed by atoms with van der Waals surface area (Å²) in [5, 5.41) is 14.4. The second kappa shape index (κ2) is 5.52. The van der Waals surface area contributed by atoms with Crippen LogP contribution in [-0.4, -0.2) is 27.8 Å². The third-order valence-electron chi connectivity index (χ3n) is 4.06. The number of piperidine rings is 1. The van der Waals surface area contributed by atoms with E-state index in [1.807, 2.05) is 11.6 Å². The van der Waals surface area contributed by atoms with Crippen molar-refractivity contribution in [3.63, 3.8) is 0 Å². The molecule has 1 aromatic heterocycles. The van der Waals surface area contributed by atoms with Crippen LogP contribution in [0, 0.1) is 23.7 Å². The topological polar surface area (TPSA) is 44.9 Å². The lowest BCUT2D eigenvalue weighted by Crippen LogP contribution is -2.38. The van der Waals surface area contributed by atoms with Crippen LogP contribution in [-0.2, 0) is 13.1 Å². The van der Waals surface area contributed by atoms with E-state index in [-0.39, 0.29) is 5.41 Å². The van der Waals surface area contributed by atoms with Gasteiger partial charge in [-0.2, -0.15) is 10.4 Å². The van der Waals surface area contributed by atoms with E-state index >= 15 is 0 Å². The molecule has 0 atom stereocenters. The van der Waals surface area contributed by atoms with E-state index in [0.717, 1.165) is 55.4 Å². The Morgan fingerprint density at radius 2 is 2.05 bits per heavy atom. The van der Waals surface area contributed by atoms with E-state index in [9.17, 15) is 0 Å². The summed E-state index contributed by atoms with van der Waals surface area (Å²) in [6.07, 6.45) is 1.86. The maximum atomic E-state index is 9.15. The number of hydrogen-bond acceptors (Lipinski definition) is 3. The maximum Gasteiger partial charge on any atom is 0.0860 e. The lowest BCUT2D eigenvalue weighted by molar-refractivity contribution is 0.147. The molecule has 0 saturated carbocycles. The molecule has 0 unspecified atom stereocenters. The van der Waals surface area contributed by atoms with Crippen molar-refractivity contribution in [3.05, 3.63) is 16.4 Å². The van der Waals surface area contributed by atoms with E-state index < -0.39 is 0 Å². The van der Waals surface area contributed by atoms with E-state index in [1.54, 1.807) is 0 Å². The minimum absolute atomic E-state index is 0.152. The predicted octanol–water partition coefficient (Wildman–Crippen LogP) is 2.99. The second-order valence-corrected chi connectivity index (χ2v) is 5.99. The highest BCUT2D eigenvalue weighted by Gasteiger charge is 2.30. The smallest absolute Gasteiger partial charge is 0.0860 e. The Kier molecular flexibility index (Phi) is 4.17. The number of nitriles is 1. The Morgan fingerprint density at radius 3 is 2.58 bits per heavy atom. The molecule has 19 heavy (non-hydrogen) atoms. The molecule has 1 saturated heterocycles. The van der Waals surface area contributed by atoms with Crippen LogP contribution >= 0.6 is 11.6 Å². The molecule has 1 aliphatic heterocycles. The number of rotatable bonds is 3. The van der Waals surface area contributed by atoms with Gasteiger partial charge >= 0.3 is 0 Å². The first-order valence-electron chi connectivity index (χ1n) is 6.84. The highest BCUT2D eigenvalue weighted by atomic mass is 35.5. The van der Waals surface area contributed by atoms with Crippen molar-refractivity contribution in [1.29, 1.82) is 5.26 Å². The van der Waals surface area contributed by atoms with Crippen LogP contribution in [0.25, 0.3) is 0 Å². The van der Waals surface area contributed by atoms with Crippen LogP contribution in [0.15, 0.2) is 0 Å². The standard InChI is InChI=1S/C14H21ClN4/c1-4-19-12(13(15)11(2)17-19)9-18-7-5-14(3,10-16)6-8-18/h4-9H2,1-3H3. The van der Waals surface area contributed by atoms with Gasteiger partial charge in [0.2, 0.25) is 0 Å². The Labute approximate surface area is 120 Å². The summed E-state index contributed by atoms with van der Waals surface area (Å²) < 4.78 is 1.98. The molecule has 0 radical (unpaired) electrons. The molecule has 1 aliphatic rings. The first kappa shape index (κ1) is 14.4. The molecule has 4 nitrogen and oxygen atoms in total. The fraction of sp³-hybridized carbons (Fsp3) is 0.714. The predicted molar refractivity (Wildman–Crippen MR) is 75.9 cm³/mol. The van der Waals surface area contributed by atoms with Crippen LogP contribution in [0.2, 0.25) is 5.02 Å². The van der Waals surface area contributed by atoms with Crippen molar-refractivity contribution in [3.8, 4) is 6.07 Å².